The highest BCUT2D eigenvalue weighted by Gasteiger charge is 2.30. The summed E-state index contributed by atoms with van der Waals surface area (Å²) in [5.74, 6) is -0.414. The van der Waals surface area contributed by atoms with E-state index in [4.69, 9.17) is 0 Å². The number of rotatable bonds is 6. The molecule has 3 heterocycles. The monoisotopic (exact) mass is 539 g/mol. The molecule has 0 atom stereocenters. The molecule has 33 heavy (non-hydrogen) atoms. The number of thiazole rings is 1. The van der Waals surface area contributed by atoms with Crippen molar-refractivity contribution in [1.29, 1.82) is 0 Å². The molecule has 0 spiro atoms. The molecule has 1 aliphatic rings. The van der Waals surface area contributed by atoms with Crippen molar-refractivity contribution in [2.75, 3.05) is 25.0 Å². The third kappa shape index (κ3) is 8.21. The molecule has 0 radical (unpaired) electrons. The third-order valence-electron chi connectivity index (χ3n) is 5.36. The maximum atomic E-state index is 12.7. The van der Waals surface area contributed by atoms with Gasteiger partial charge in [0.1, 0.15) is 10.6 Å². The predicted octanol–water partition coefficient (Wildman–Crippen LogP) is 4.78. The summed E-state index contributed by atoms with van der Waals surface area (Å²) in [6.07, 6.45) is 7.62. The maximum absolute atomic E-state index is 12.7. The van der Waals surface area contributed by atoms with E-state index in [1.54, 1.807) is 23.5 Å². The summed E-state index contributed by atoms with van der Waals surface area (Å²) in [5, 5.41) is 9.09. The Hall–Kier alpha value is -2.30. The molecule has 4 rings (SSSR count). The smallest absolute Gasteiger partial charge is 0.211 e. The van der Waals surface area contributed by atoms with E-state index in [1.807, 2.05) is 23.8 Å². The minimum atomic E-state index is -0.414. The lowest BCUT2D eigenvalue weighted by Gasteiger charge is -2.31. The van der Waals surface area contributed by atoms with Gasteiger partial charge in [-0.05, 0) is 80.7 Å². The lowest BCUT2D eigenvalue weighted by molar-refractivity contribution is -0.109. The number of hydrogen-bond acceptors (Lipinski definition) is 5. The zero-order valence-electron chi connectivity index (χ0n) is 19.4. The largest absolute Gasteiger partial charge is 0.357 e. The summed E-state index contributed by atoms with van der Waals surface area (Å²) >= 11 is 5.10. The number of carbonyl (C=O) groups excluding carboxylic acids is 2. The quantitative estimate of drug-likeness (QED) is 0.349. The number of nitrogens with one attached hydrogen (secondary N) is 2. The molecule has 180 valence electrons. The minimum Gasteiger partial charge on any atom is -0.357 e. The second-order valence-electron chi connectivity index (χ2n) is 8.33. The van der Waals surface area contributed by atoms with Crippen LogP contribution in [0.1, 0.15) is 37.8 Å². The number of fused-ring (bicyclic) bond motifs is 1. The Labute approximate surface area is 206 Å². The molecule has 10 heteroatoms. The van der Waals surface area contributed by atoms with Crippen LogP contribution in [0.3, 0.4) is 0 Å². The van der Waals surface area contributed by atoms with Crippen LogP contribution in [0.4, 0.5) is 10.1 Å². The van der Waals surface area contributed by atoms with Gasteiger partial charge < -0.3 is 10.6 Å². The summed E-state index contributed by atoms with van der Waals surface area (Å²) in [6, 6.07) is 4.54. The van der Waals surface area contributed by atoms with Crippen LogP contribution in [0.2, 0.25) is 0 Å². The van der Waals surface area contributed by atoms with Crippen molar-refractivity contribution in [1.82, 2.24) is 19.8 Å². The molecule has 0 bridgehead atoms. The lowest BCUT2D eigenvalue weighted by Crippen LogP contribution is -2.41. The molecule has 1 fully saturated rings. The molecule has 0 aliphatic carbocycles. The van der Waals surface area contributed by atoms with E-state index < -0.39 is 5.82 Å². The highest BCUT2D eigenvalue weighted by Crippen LogP contribution is 2.27. The second kappa shape index (κ2) is 12.8. The van der Waals surface area contributed by atoms with Crippen molar-refractivity contribution in [3.05, 3.63) is 51.3 Å². The van der Waals surface area contributed by atoms with E-state index in [0.29, 0.717) is 11.9 Å². The van der Waals surface area contributed by atoms with Gasteiger partial charge in [-0.1, -0.05) is 6.07 Å². The lowest BCUT2D eigenvalue weighted by atomic mass is 10.0. The second-order valence-corrected chi connectivity index (χ2v) is 10.7. The summed E-state index contributed by atoms with van der Waals surface area (Å²) in [5.41, 5.74) is 2.70. The van der Waals surface area contributed by atoms with E-state index in [0.717, 1.165) is 28.8 Å². The predicted molar refractivity (Wildman–Crippen MR) is 135 cm³/mol. The first-order valence-corrected chi connectivity index (χ1v) is 12.3. The van der Waals surface area contributed by atoms with Crippen molar-refractivity contribution in [2.24, 2.45) is 0 Å². The standard InChI is InChI=1S/C9H18N2O.C8H8FNO.C6H5BrN2S/c1-9(2)4-3-6-11(9)7-5-10-8-12;1-6-2-3-7(9)8(4-6)10-5-11;1-4-2-8-9-3-5(7)10-6(4)9/h8H,3-7H2,1-2H3,(H,10,12);2-5H,1H3,(H,10,11);2-3H,1H3. The maximum Gasteiger partial charge on any atom is 0.211 e. The molecular formula is C23H31BrFN5O2S. The minimum absolute atomic E-state index is 0.222. The van der Waals surface area contributed by atoms with Crippen molar-refractivity contribution in [3.63, 3.8) is 0 Å². The van der Waals surface area contributed by atoms with E-state index in [-0.39, 0.29) is 5.69 Å². The number of aromatic nitrogens is 2. The van der Waals surface area contributed by atoms with Gasteiger partial charge in [0.05, 0.1) is 21.9 Å². The number of amides is 2. The Morgan fingerprint density at radius 2 is 2.03 bits per heavy atom. The molecule has 1 aliphatic heterocycles. The molecule has 0 saturated carbocycles. The van der Waals surface area contributed by atoms with Crippen LogP contribution in [0.5, 0.6) is 0 Å². The fourth-order valence-electron chi connectivity index (χ4n) is 3.52. The van der Waals surface area contributed by atoms with Crippen molar-refractivity contribution in [2.45, 2.75) is 46.1 Å². The number of aryl methyl sites for hydroxylation is 2. The van der Waals surface area contributed by atoms with Gasteiger partial charge in [0.15, 0.2) is 0 Å². The van der Waals surface area contributed by atoms with Crippen molar-refractivity contribution < 1.29 is 14.0 Å². The first-order valence-electron chi connectivity index (χ1n) is 10.7. The van der Waals surface area contributed by atoms with Gasteiger partial charge in [0.25, 0.3) is 0 Å². The van der Waals surface area contributed by atoms with Gasteiger partial charge in [-0.25, -0.2) is 8.91 Å². The summed E-state index contributed by atoms with van der Waals surface area (Å²) < 4.78 is 15.7. The first-order chi connectivity index (χ1) is 15.7. The van der Waals surface area contributed by atoms with E-state index >= 15 is 0 Å². The Morgan fingerprint density at radius 1 is 1.27 bits per heavy atom. The van der Waals surface area contributed by atoms with Crippen LogP contribution in [0, 0.1) is 19.7 Å². The highest BCUT2D eigenvalue weighted by atomic mass is 79.9. The van der Waals surface area contributed by atoms with Crippen LogP contribution in [0.15, 0.2) is 34.4 Å². The van der Waals surface area contributed by atoms with Gasteiger partial charge >= 0.3 is 0 Å². The molecule has 0 unspecified atom stereocenters. The number of nitrogens with zero attached hydrogens (tertiary/aromatic N) is 3. The van der Waals surface area contributed by atoms with Gasteiger partial charge in [-0.2, -0.15) is 5.10 Å². The Morgan fingerprint density at radius 3 is 2.64 bits per heavy atom. The first kappa shape index (κ1) is 26.9. The summed E-state index contributed by atoms with van der Waals surface area (Å²) in [7, 11) is 0. The molecule has 7 nitrogen and oxygen atoms in total. The number of anilines is 1. The molecule has 2 N–H and O–H groups in total. The number of hydrogen-bond donors (Lipinski definition) is 2. The Kier molecular flexibility index (Phi) is 10.5. The van der Waals surface area contributed by atoms with Gasteiger partial charge in [0, 0.05) is 24.2 Å². The average Bonchev–Trinajstić information content (AvgIpc) is 3.41. The molecule has 1 saturated heterocycles. The van der Waals surface area contributed by atoms with E-state index in [1.165, 1.54) is 35.8 Å². The summed E-state index contributed by atoms with van der Waals surface area (Å²) in [6.45, 7) is 11.3. The van der Waals surface area contributed by atoms with Crippen molar-refractivity contribution >= 4 is 50.6 Å². The zero-order valence-corrected chi connectivity index (χ0v) is 21.8. The van der Waals surface area contributed by atoms with E-state index in [2.05, 4.69) is 57.3 Å². The average molecular weight is 541 g/mol. The number of likely N-dealkylation sites (tertiary alicyclic amines) is 1. The molecule has 2 aromatic heterocycles. The molecular weight excluding hydrogens is 509 g/mol. The number of carbonyl (C=O) groups is 2. The third-order valence-corrected chi connectivity index (χ3v) is 7.05. The highest BCUT2D eigenvalue weighted by molar-refractivity contribution is 9.11. The Balaban J connectivity index is 0.000000176. The fourth-order valence-corrected chi connectivity index (χ4v) is 4.92. The van der Waals surface area contributed by atoms with Gasteiger partial charge in [0.2, 0.25) is 12.8 Å². The molecule has 3 aromatic rings. The van der Waals surface area contributed by atoms with Crippen LogP contribution >= 0.6 is 27.3 Å². The normalized spacial score (nSPS) is 14.6. The van der Waals surface area contributed by atoms with Crippen LogP contribution < -0.4 is 10.6 Å². The Bertz CT molecular complexity index is 1050. The number of halogens is 2. The fraction of sp³-hybridized carbons (Fsp3) is 0.435. The van der Waals surface area contributed by atoms with Crippen LogP contribution in [-0.4, -0.2) is 52.5 Å². The topological polar surface area (TPSA) is 78.7 Å². The van der Waals surface area contributed by atoms with Crippen molar-refractivity contribution in [3.8, 4) is 0 Å². The van der Waals surface area contributed by atoms with E-state index in [9.17, 15) is 14.0 Å². The molecule has 2 amide bonds. The van der Waals surface area contributed by atoms with Crippen LogP contribution in [-0.2, 0) is 9.59 Å². The molecule has 1 aromatic carbocycles. The zero-order chi connectivity index (χ0) is 24.4. The summed E-state index contributed by atoms with van der Waals surface area (Å²) in [4.78, 5) is 23.6. The van der Waals surface area contributed by atoms with Gasteiger partial charge in [-0.15, -0.1) is 11.3 Å². The van der Waals surface area contributed by atoms with Crippen LogP contribution in [0.25, 0.3) is 4.83 Å². The van der Waals surface area contributed by atoms with Gasteiger partial charge in [-0.3, -0.25) is 14.5 Å². The number of benzene rings is 1. The SMILES string of the molecule is CC1(C)CCCN1CCNC=O.Cc1ccc(F)c(NC=O)c1.Cc1cnn2cc(Br)sc12.